The zero-order chi connectivity index (χ0) is 15.0. The molecule has 0 bridgehead atoms. The molecule has 2 heterocycles. The van der Waals surface area contributed by atoms with Crippen LogP contribution in [0.5, 0.6) is 0 Å². The fourth-order valence-corrected chi connectivity index (χ4v) is 2.77. The molecule has 4 nitrogen and oxygen atoms in total. The lowest BCUT2D eigenvalue weighted by Crippen LogP contribution is -2.27. The Morgan fingerprint density at radius 2 is 2.10 bits per heavy atom. The van der Waals surface area contributed by atoms with Gasteiger partial charge in [0.2, 0.25) is 5.95 Å². The third kappa shape index (κ3) is 3.26. The van der Waals surface area contributed by atoms with Crippen molar-refractivity contribution in [2.75, 3.05) is 10.6 Å². The molecule has 0 spiro atoms. The van der Waals surface area contributed by atoms with Crippen LogP contribution in [0, 0.1) is 0 Å². The predicted molar refractivity (Wildman–Crippen MR) is 75.0 cm³/mol. The van der Waals surface area contributed by atoms with Gasteiger partial charge in [-0.15, -0.1) is 0 Å². The topological polar surface area (TPSA) is 55.0 Å². The SMILES string of the molecule is Nc1nc(N(Cc2ccsc2)C2CC2)cc(C(F)(F)F)n1. The Morgan fingerprint density at radius 3 is 2.67 bits per heavy atom. The van der Waals surface area contributed by atoms with Crippen molar-refractivity contribution in [2.24, 2.45) is 0 Å². The summed E-state index contributed by atoms with van der Waals surface area (Å²) in [5.74, 6) is -0.112. The fraction of sp³-hybridized carbons (Fsp3) is 0.385. The molecular formula is C13H13F3N4S. The molecule has 1 aliphatic carbocycles. The highest BCUT2D eigenvalue weighted by molar-refractivity contribution is 7.07. The van der Waals surface area contributed by atoms with E-state index in [9.17, 15) is 13.2 Å². The molecule has 0 amide bonds. The minimum Gasteiger partial charge on any atom is -0.368 e. The highest BCUT2D eigenvalue weighted by Gasteiger charge is 2.36. The van der Waals surface area contributed by atoms with Crippen LogP contribution in [0.4, 0.5) is 24.9 Å². The number of hydrogen-bond donors (Lipinski definition) is 1. The van der Waals surface area contributed by atoms with Gasteiger partial charge >= 0.3 is 6.18 Å². The predicted octanol–water partition coefficient (Wildman–Crippen LogP) is 3.31. The molecule has 0 unspecified atom stereocenters. The van der Waals surface area contributed by atoms with E-state index in [0.717, 1.165) is 24.5 Å². The van der Waals surface area contributed by atoms with Crippen molar-refractivity contribution in [3.8, 4) is 0 Å². The number of hydrogen-bond acceptors (Lipinski definition) is 5. The maximum absolute atomic E-state index is 12.8. The van der Waals surface area contributed by atoms with Crippen LogP contribution in [-0.4, -0.2) is 16.0 Å². The van der Waals surface area contributed by atoms with Crippen LogP contribution in [-0.2, 0) is 12.7 Å². The molecule has 3 rings (SSSR count). The van der Waals surface area contributed by atoms with Crippen molar-refractivity contribution in [3.05, 3.63) is 34.2 Å². The molecule has 1 saturated carbocycles. The lowest BCUT2D eigenvalue weighted by molar-refractivity contribution is -0.141. The second-order valence-electron chi connectivity index (χ2n) is 4.96. The highest BCUT2D eigenvalue weighted by Crippen LogP contribution is 2.35. The third-order valence-electron chi connectivity index (χ3n) is 3.24. The van der Waals surface area contributed by atoms with E-state index in [1.54, 1.807) is 11.3 Å². The van der Waals surface area contributed by atoms with Crippen LogP contribution >= 0.6 is 11.3 Å². The summed E-state index contributed by atoms with van der Waals surface area (Å²) >= 11 is 1.56. The number of nitrogens with two attached hydrogens (primary N) is 1. The second kappa shape index (κ2) is 5.18. The van der Waals surface area contributed by atoms with Gasteiger partial charge in [0.15, 0.2) is 5.69 Å². The Labute approximate surface area is 123 Å². The molecule has 21 heavy (non-hydrogen) atoms. The Balaban J connectivity index is 1.94. The third-order valence-corrected chi connectivity index (χ3v) is 3.97. The number of nitrogens with zero attached hydrogens (tertiary/aromatic N) is 3. The molecular weight excluding hydrogens is 301 g/mol. The number of halogens is 3. The van der Waals surface area contributed by atoms with Crippen LogP contribution in [0.3, 0.4) is 0 Å². The Morgan fingerprint density at radius 1 is 1.33 bits per heavy atom. The number of anilines is 2. The molecule has 1 aliphatic rings. The fourth-order valence-electron chi connectivity index (χ4n) is 2.11. The summed E-state index contributed by atoms with van der Waals surface area (Å²) in [6, 6.07) is 3.15. The molecule has 2 N–H and O–H groups in total. The lowest BCUT2D eigenvalue weighted by Gasteiger charge is -2.24. The Bertz CT molecular complexity index is 623. The van der Waals surface area contributed by atoms with E-state index in [2.05, 4.69) is 9.97 Å². The van der Waals surface area contributed by atoms with Gasteiger partial charge in [0.05, 0.1) is 0 Å². The quantitative estimate of drug-likeness (QED) is 0.940. The van der Waals surface area contributed by atoms with Crippen molar-refractivity contribution in [3.63, 3.8) is 0 Å². The zero-order valence-electron chi connectivity index (χ0n) is 11.0. The second-order valence-corrected chi connectivity index (χ2v) is 5.74. The first kappa shape index (κ1) is 14.1. The molecule has 1 fully saturated rings. The molecule has 112 valence electrons. The standard InChI is InChI=1S/C13H13F3N4S/c14-13(15,16)10-5-11(19-12(17)18-10)20(9-1-2-9)6-8-3-4-21-7-8/h3-5,7,9H,1-2,6H2,(H2,17,18,19). The van der Waals surface area contributed by atoms with Crippen LogP contribution in [0.1, 0.15) is 24.1 Å². The molecule has 0 atom stereocenters. The van der Waals surface area contributed by atoms with Gasteiger partial charge in [0.1, 0.15) is 5.82 Å². The summed E-state index contributed by atoms with van der Waals surface area (Å²) < 4.78 is 38.5. The summed E-state index contributed by atoms with van der Waals surface area (Å²) in [7, 11) is 0. The van der Waals surface area contributed by atoms with E-state index in [0.29, 0.717) is 6.54 Å². The van der Waals surface area contributed by atoms with Crippen molar-refractivity contribution >= 4 is 23.1 Å². The van der Waals surface area contributed by atoms with Crippen LogP contribution in [0.2, 0.25) is 0 Å². The summed E-state index contributed by atoms with van der Waals surface area (Å²) in [5.41, 5.74) is 5.50. The molecule has 0 aromatic carbocycles. The highest BCUT2D eigenvalue weighted by atomic mass is 32.1. The average Bonchev–Trinajstić information content (AvgIpc) is 3.11. The van der Waals surface area contributed by atoms with E-state index >= 15 is 0 Å². The van der Waals surface area contributed by atoms with E-state index in [4.69, 9.17) is 5.73 Å². The smallest absolute Gasteiger partial charge is 0.368 e. The average molecular weight is 314 g/mol. The first-order valence-corrected chi connectivity index (χ1v) is 7.37. The maximum atomic E-state index is 12.8. The largest absolute Gasteiger partial charge is 0.433 e. The lowest BCUT2D eigenvalue weighted by atomic mass is 10.3. The van der Waals surface area contributed by atoms with Gasteiger partial charge in [0.25, 0.3) is 0 Å². The summed E-state index contributed by atoms with van der Waals surface area (Å²) in [4.78, 5) is 9.14. The summed E-state index contributed by atoms with van der Waals surface area (Å²) in [5, 5.41) is 3.92. The van der Waals surface area contributed by atoms with Gasteiger partial charge in [-0.05, 0) is 35.2 Å². The number of aromatic nitrogens is 2. The van der Waals surface area contributed by atoms with Crippen molar-refractivity contribution in [2.45, 2.75) is 31.6 Å². The van der Waals surface area contributed by atoms with Gasteiger partial charge in [-0.25, -0.2) is 4.98 Å². The van der Waals surface area contributed by atoms with Gasteiger partial charge < -0.3 is 10.6 Å². The number of nitrogen functional groups attached to an aromatic ring is 1. The Kier molecular flexibility index (Phi) is 3.48. The first-order chi connectivity index (χ1) is 9.93. The van der Waals surface area contributed by atoms with Crippen molar-refractivity contribution in [1.29, 1.82) is 0 Å². The van der Waals surface area contributed by atoms with Crippen LogP contribution in [0.15, 0.2) is 22.9 Å². The molecule has 8 heteroatoms. The van der Waals surface area contributed by atoms with Crippen molar-refractivity contribution in [1.82, 2.24) is 9.97 Å². The van der Waals surface area contributed by atoms with Crippen LogP contribution in [0.25, 0.3) is 0 Å². The molecule has 2 aromatic heterocycles. The zero-order valence-corrected chi connectivity index (χ0v) is 11.8. The number of rotatable bonds is 4. The number of alkyl halides is 3. The normalized spacial score (nSPS) is 15.2. The van der Waals surface area contributed by atoms with E-state index in [1.165, 1.54) is 0 Å². The minimum atomic E-state index is -4.52. The molecule has 2 aromatic rings. The monoisotopic (exact) mass is 314 g/mol. The molecule has 0 saturated heterocycles. The van der Waals surface area contributed by atoms with E-state index in [1.807, 2.05) is 21.7 Å². The van der Waals surface area contributed by atoms with Gasteiger partial charge in [-0.1, -0.05) is 0 Å². The van der Waals surface area contributed by atoms with Gasteiger partial charge in [0, 0.05) is 18.7 Å². The summed E-state index contributed by atoms with van der Waals surface area (Å²) in [6.45, 7) is 0.530. The van der Waals surface area contributed by atoms with E-state index < -0.39 is 11.9 Å². The number of thiophene rings is 1. The molecule has 0 aliphatic heterocycles. The maximum Gasteiger partial charge on any atom is 0.433 e. The summed E-state index contributed by atoms with van der Waals surface area (Å²) in [6.07, 6.45) is -2.62. The van der Waals surface area contributed by atoms with Gasteiger partial charge in [-0.3, -0.25) is 0 Å². The first-order valence-electron chi connectivity index (χ1n) is 6.43. The van der Waals surface area contributed by atoms with Gasteiger partial charge in [-0.2, -0.15) is 29.5 Å². The van der Waals surface area contributed by atoms with E-state index in [-0.39, 0.29) is 17.8 Å². The Hall–Kier alpha value is -1.83. The molecule has 0 radical (unpaired) electrons. The van der Waals surface area contributed by atoms with Crippen molar-refractivity contribution < 1.29 is 13.2 Å². The van der Waals surface area contributed by atoms with Crippen LogP contribution < -0.4 is 10.6 Å². The minimum absolute atomic E-state index is 0.222.